The molecule has 0 radical (unpaired) electrons. The molecule has 22 heavy (non-hydrogen) atoms. The Morgan fingerprint density at radius 3 is 3.05 bits per heavy atom. The Morgan fingerprint density at radius 1 is 1.41 bits per heavy atom. The number of benzene rings is 1. The average Bonchev–Trinajstić information content (AvgIpc) is 2.52. The minimum Gasteiger partial charge on any atom is -0.342 e. The molecule has 4 heteroatoms. The summed E-state index contributed by atoms with van der Waals surface area (Å²) in [5, 5.41) is 2.12. The monoisotopic (exact) mass is 314 g/mol. The van der Waals surface area contributed by atoms with Gasteiger partial charge in [-0.1, -0.05) is 36.9 Å². The Bertz CT molecular complexity index is 686. The number of para-hydroxylation sites is 1. The van der Waals surface area contributed by atoms with E-state index in [9.17, 15) is 4.79 Å². The van der Waals surface area contributed by atoms with E-state index in [0.29, 0.717) is 11.7 Å². The van der Waals surface area contributed by atoms with Crippen LogP contribution in [0.4, 0.5) is 0 Å². The number of pyridine rings is 1. The first-order valence-corrected chi connectivity index (χ1v) is 8.89. The molecular formula is C18H22N2OS. The van der Waals surface area contributed by atoms with Crippen molar-refractivity contribution in [2.75, 3.05) is 18.8 Å². The molecule has 2 heterocycles. The second kappa shape index (κ2) is 6.69. The number of fused-ring (bicyclic) bond motifs is 1. The first-order valence-electron chi connectivity index (χ1n) is 7.90. The lowest BCUT2D eigenvalue weighted by atomic mass is 10.0. The zero-order valence-electron chi connectivity index (χ0n) is 13.2. The van der Waals surface area contributed by atoms with Gasteiger partial charge in [0.1, 0.15) is 5.03 Å². The first kappa shape index (κ1) is 15.3. The van der Waals surface area contributed by atoms with Crippen LogP contribution >= 0.6 is 11.8 Å². The van der Waals surface area contributed by atoms with Crippen molar-refractivity contribution in [2.24, 2.45) is 5.92 Å². The van der Waals surface area contributed by atoms with Crippen LogP contribution in [0.3, 0.4) is 0 Å². The molecule has 2 aromatic rings. The van der Waals surface area contributed by atoms with Crippen molar-refractivity contribution in [1.29, 1.82) is 0 Å². The summed E-state index contributed by atoms with van der Waals surface area (Å²) in [4.78, 5) is 19.1. The fraction of sp³-hybridized carbons (Fsp3) is 0.444. The Labute approximate surface area is 136 Å². The van der Waals surface area contributed by atoms with E-state index < -0.39 is 0 Å². The molecule has 1 aromatic heterocycles. The fourth-order valence-electron chi connectivity index (χ4n) is 2.99. The van der Waals surface area contributed by atoms with E-state index in [0.717, 1.165) is 41.0 Å². The number of aryl methyl sites for hydroxylation is 1. The molecule has 1 aromatic carbocycles. The molecule has 0 aliphatic carbocycles. The van der Waals surface area contributed by atoms with Crippen molar-refractivity contribution in [1.82, 2.24) is 9.88 Å². The van der Waals surface area contributed by atoms with Crippen LogP contribution in [0.5, 0.6) is 0 Å². The van der Waals surface area contributed by atoms with Gasteiger partial charge in [-0.05, 0) is 43.4 Å². The molecule has 1 amide bonds. The molecular weight excluding hydrogens is 292 g/mol. The molecule has 0 saturated carbocycles. The molecule has 1 saturated heterocycles. The number of hydrogen-bond acceptors (Lipinski definition) is 3. The summed E-state index contributed by atoms with van der Waals surface area (Å²) < 4.78 is 0. The maximum absolute atomic E-state index is 12.4. The van der Waals surface area contributed by atoms with Gasteiger partial charge in [0.25, 0.3) is 0 Å². The zero-order valence-corrected chi connectivity index (χ0v) is 14.0. The van der Waals surface area contributed by atoms with Crippen molar-refractivity contribution >= 4 is 28.6 Å². The topological polar surface area (TPSA) is 33.2 Å². The summed E-state index contributed by atoms with van der Waals surface area (Å²) in [6.07, 6.45) is 2.37. The summed E-state index contributed by atoms with van der Waals surface area (Å²) in [5.41, 5.74) is 2.14. The van der Waals surface area contributed by atoms with E-state index in [2.05, 4.69) is 26.0 Å². The minimum absolute atomic E-state index is 0.242. The number of carbonyl (C=O) groups excluding carboxylic acids is 1. The third-order valence-corrected chi connectivity index (χ3v) is 5.29. The smallest absolute Gasteiger partial charge is 0.232 e. The Balaban J connectivity index is 1.68. The molecule has 0 unspecified atom stereocenters. The number of hydrogen-bond donors (Lipinski definition) is 0. The second-order valence-electron chi connectivity index (χ2n) is 6.18. The zero-order chi connectivity index (χ0) is 15.5. The number of aromatic nitrogens is 1. The predicted molar refractivity (Wildman–Crippen MR) is 92.2 cm³/mol. The van der Waals surface area contributed by atoms with Crippen molar-refractivity contribution < 1.29 is 4.79 Å². The Morgan fingerprint density at radius 2 is 2.23 bits per heavy atom. The minimum atomic E-state index is 0.242. The van der Waals surface area contributed by atoms with Crippen LogP contribution in [0.2, 0.25) is 0 Å². The highest BCUT2D eigenvalue weighted by atomic mass is 32.2. The normalized spacial score (nSPS) is 18.6. The molecule has 1 aliphatic rings. The summed E-state index contributed by atoms with van der Waals surface area (Å²) in [6, 6.07) is 10.3. The maximum atomic E-state index is 12.4. The van der Waals surface area contributed by atoms with Crippen LogP contribution < -0.4 is 0 Å². The van der Waals surface area contributed by atoms with E-state index in [4.69, 9.17) is 4.98 Å². The number of carbonyl (C=O) groups is 1. The van der Waals surface area contributed by atoms with Gasteiger partial charge < -0.3 is 4.90 Å². The second-order valence-corrected chi connectivity index (χ2v) is 7.14. The van der Waals surface area contributed by atoms with Crippen molar-refractivity contribution in [3.63, 3.8) is 0 Å². The largest absolute Gasteiger partial charge is 0.342 e. The van der Waals surface area contributed by atoms with Crippen LogP contribution in [0.15, 0.2) is 35.4 Å². The summed E-state index contributed by atoms with van der Waals surface area (Å²) in [7, 11) is 0. The van der Waals surface area contributed by atoms with Gasteiger partial charge in [0.05, 0.1) is 11.3 Å². The third kappa shape index (κ3) is 3.43. The SMILES string of the molecule is Cc1cc2ccccc2nc1SCC(=O)N1CCC[C@H](C)C1. The molecule has 1 atom stereocenters. The van der Waals surface area contributed by atoms with Crippen molar-refractivity contribution in [3.8, 4) is 0 Å². The number of thioether (sulfide) groups is 1. The molecule has 3 nitrogen and oxygen atoms in total. The van der Waals surface area contributed by atoms with Gasteiger partial charge in [-0.15, -0.1) is 0 Å². The van der Waals surface area contributed by atoms with E-state index in [1.165, 1.54) is 6.42 Å². The highest BCUT2D eigenvalue weighted by molar-refractivity contribution is 7.99. The highest BCUT2D eigenvalue weighted by Gasteiger charge is 2.21. The Kier molecular flexibility index (Phi) is 4.67. The lowest BCUT2D eigenvalue weighted by molar-refractivity contribution is -0.130. The summed E-state index contributed by atoms with van der Waals surface area (Å²) in [5.74, 6) is 1.35. The van der Waals surface area contributed by atoms with Gasteiger partial charge in [-0.3, -0.25) is 4.79 Å². The quantitative estimate of drug-likeness (QED) is 0.806. The number of piperidine rings is 1. The van der Waals surface area contributed by atoms with Gasteiger partial charge >= 0.3 is 0 Å². The Hall–Kier alpha value is -1.55. The molecule has 0 N–H and O–H groups in total. The van der Waals surface area contributed by atoms with Crippen LogP contribution in [0.25, 0.3) is 10.9 Å². The van der Waals surface area contributed by atoms with Crippen LogP contribution in [-0.4, -0.2) is 34.6 Å². The number of rotatable bonds is 3. The maximum Gasteiger partial charge on any atom is 0.232 e. The number of amides is 1. The lowest BCUT2D eigenvalue weighted by Gasteiger charge is -2.30. The molecule has 0 bridgehead atoms. The molecule has 1 aliphatic heterocycles. The van der Waals surface area contributed by atoms with Gasteiger partial charge in [0.2, 0.25) is 5.91 Å². The van der Waals surface area contributed by atoms with Crippen LogP contribution in [0.1, 0.15) is 25.3 Å². The first-order chi connectivity index (χ1) is 10.6. The van der Waals surface area contributed by atoms with Crippen molar-refractivity contribution in [2.45, 2.75) is 31.7 Å². The fourth-order valence-corrected chi connectivity index (χ4v) is 3.88. The predicted octanol–water partition coefficient (Wildman–Crippen LogP) is 3.89. The van der Waals surface area contributed by atoms with Gasteiger partial charge in [0, 0.05) is 18.5 Å². The molecule has 116 valence electrons. The summed E-state index contributed by atoms with van der Waals surface area (Å²) >= 11 is 1.56. The van der Waals surface area contributed by atoms with Gasteiger partial charge in [-0.25, -0.2) is 4.98 Å². The van der Waals surface area contributed by atoms with E-state index >= 15 is 0 Å². The highest BCUT2D eigenvalue weighted by Crippen LogP contribution is 2.25. The summed E-state index contributed by atoms with van der Waals surface area (Å²) in [6.45, 7) is 6.11. The number of nitrogens with zero attached hydrogens (tertiary/aromatic N) is 2. The average molecular weight is 314 g/mol. The van der Waals surface area contributed by atoms with Gasteiger partial charge in [-0.2, -0.15) is 0 Å². The lowest BCUT2D eigenvalue weighted by Crippen LogP contribution is -2.40. The van der Waals surface area contributed by atoms with Gasteiger partial charge in [0.15, 0.2) is 0 Å². The van der Waals surface area contributed by atoms with Crippen LogP contribution in [0, 0.1) is 12.8 Å². The molecule has 1 fully saturated rings. The molecule has 0 spiro atoms. The van der Waals surface area contributed by atoms with E-state index in [1.54, 1.807) is 11.8 Å². The molecule has 3 rings (SSSR count). The third-order valence-electron chi connectivity index (χ3n) is 4.21. The number of likely N-dealkylation sites (tertiary alicyclic amines) is 1. The standard InChI is InChI=1S/C18H22N2OS/c1-13-6-5-9-20(11-13)17(21)12-22-18-14(2)10-15-7-3-4-8-16(15)19-18/h3-4,7-8,10,13H,5-6,9,11-12H2,1-2H3/t13-/m0/s1. The van der Waals surface area contributed by atoms with Crippen LogP contribution in [-0.2, 0) is 4.79 Å². The van der Waals surface area contributed by atoms with E-state index in [-0.39, 0.29) is 5.91 Å². The van der Waals surface area contributed by atoms with Crippen molar-refractivity contribution in [3.05, 3.63) is 35.9 Å². The van der Waals surface area contributed by atoms with E-state index in [1.807, 2.05) is 23.1 Å².